The molecule has 0 saturated heterocycles. The molecule has 6 nitrogen and oxygen atoms in total. The summed E-state index contributed by atoms with van der Waals surface area (Å²) in [4.78, 5) is 21.6. The van der Waals surface area contributed by atoms with Gasteiger partial charge < -0.3 is 10.6 Å². The first-order valence-electron chi connectivity index (χ1n) is 5.35. The van der Waals surface area contributed by atoms with Gasteiger partial charge >= 0.3 is 0 Å². The summed E-state index contributed by atoms with van der Waals surface area (Å²) >= 11 is 0. The zero-order chi connectivity index (χ0) is 12.7. The maximum Gasteiger partial charge on any atom is 0.274 e. The summed E-state index contributed by atoms with van der Waals surface area (Å²) in [6.45, 7) is 2.99. The van der Waals surface area contributed by atoms with E-state index in [-0.39, 0.29) is 24.7 Å². The number of nitro groups is 1. The van der Waals surface area contributed by atoms with Gasteiger partial charge in [0.05, 0.1) is 11.5 Å². The van der Waals surface area contributed by atoms with E-state index in [4.69, 9.17) is 0 Å². The summed E-state index contributed by atoms with van der Waals surface area (Å²) in [5.41, 5.74) is 0.526. The Morgan fingerprint density at radius 2 is 2.12 bits per heavy atom. The van der Waals surface area contributed by atoms with E-state index in [1.165, 1.54) is 6.07 Å². The molecule has 0 aliphatic heterocycles. The molecule has 0 spiro atoms. The van der Waals surface area contributed by atoms with Crippen LogP contribution in [0.3, 0.4) is 0 Å². The second-order valence-corrected chi connectivity index (χ2v) is 3.44. The predicted octanol–water partition coefficient (Wildman–Crippen LogP) is 0.820. The van der Waals surface area contributed by atoms with Gasteiger partial charge in [-0.3, -0.25) is 14.9 Å². The molecule has 1 amide bonds. The highest BCUT2D eigenvalue weighted by molar-refractivity contribution is 5.78. The minimum Gasteiger partial charge on any atom is -0.351 e. The van der Waals surface area contributed by atoms with Crippen molar-refractivity contribution in [2.24, 2.45) is 0 Å². The van der Waals surface area contributed by atoms with Crippen LogP contribution in [0.25, 0.3) is 0 Å². The van der Waals surface area contributed by atoms with Gasteiger partial charge in [0.1, 0.15) is 0 Å². The molecule has 0 heterocycles. The molecule has 17 heavy (non-hydrogen) atoms. The van der Waals surface area contributed by atoms with E-state index in [2.05, 4.69) is 10.6 Å². The Morgan fingerprint density at radius 3 is 2.76 bits per heavy atom. The first-order chi connectivity index (χ1) is 8.15. The fourth-order valence-corrected chi connectivity index (χ4v) is 1.33. The van der Waals surface area contributed by atoms with Crippen molar-refractivity contribution in [3.05, 3.63) is 39.9 Å². The van der Waals surface area contributed by atoms with Crippen LogP contribution in [0.4, 0.5) is 5.69 Å². The van der Waals surface area contributed by atoms with Crippen LogP contribution < -0.4 is 10.6 Å². The molecule has 1 aromatic rings. The van der Waals surface area contributed by atoms with Crippen LogP contribution in [0.2, 0.25) is 0 Å². The molecule has 1 rings (SSSR count). The average molecular weight is 237 g/mol. The largest absolute Gasteiger partial charge is 0.351 e. The van der Waals surface area contributed by atoms with Gasteiger partial charge in [0.25, 0.3) is 5.69 Å². The number of nitrogens with one attached hydrogen (secondary N) is 2. The van der Waals surface area contributed by atoms with E-state index >= 15 is 0 Å². The van der Waals surface area contributed by atoms with E-state index in [1.807, 2.05) is 6.92 Å². The maximum absolute atomic E-state index is 11.3. The Labute approximate surface area is 99.2 Å². The Balaban J connectivity index is 2.57. The summed E-state index contributed by atoms with van der Waals surface area (Å²) in [5, 5.41) is 16.2. The second-order valence-electron chi connectivity index (χ2n) is 3.44. The van der Waals surface area contributed by atoms with Crippen LogP contribution in [0, 0.1) is 10.1 Å². The monoisotopic (exact) mass is 237 g/mol. The molecular formula is C11H15N3O3. The van der Waals surface area contributed by atoms with Crippen molar-refractivity contribution in [1.29, 1.82) is 0 Å². The SMILES string of the molecule is CCNCC(=O)NCc1ccccc1[N+](=O)[O-]. The van der Waals surface area contributed by atoms with E-state index in [0.717, 1.165) is 0 Å². The number of hydrogen-bond acceptors (Lipinski definition) is 4. The average Bonchev–Trinajstić information content (AvgIpc) is 2.34. The van der Waals surface area contributed by atoms with Crippen molar-refractivity contribution in [2.75, 3.05) is 13.1 Å². The highest BCUT2D eigenvalue weighted by Crippen LogP contribution is 2.16. The molecule has 0 saturated carbocycles. The minimum atomic E-state index is -0.453. The Kier molecular flexibility index (Phi) is 5.09. The standard InChI is InChI=1S/C11H15N3O3/c1-2-12-8-11(15)13-7-9-5-3-4-6-10(9)14(16)17/h3-6,12H,2,7-8H2,1H3,(H,13,15). The normalized spacial score (nSPS) is 9.94. The minimum absolute atomic E-state index is 0.0243. The summed E-state index contributed by atoms with van der Waals surface area (Å²) in [7, 11) is 0. The third-order valence-corrected chi connectivity index (χ3v) is 2.20. The molecular weight excluding hydrogens is 222 g/mol. The van der Waals surface area contributed by atoms with Gasteiger partial charge in [-0.05, 0) is 6.54 Å². The van der Waals surface area contributed by atoms with Crippen LogP contribution in [0.1, 0.15) is 12.5 Å². The summed E-state index contributed by atoms with van der Waals surface area (Å²) in [6.07, 6.45) is 0. The summed E-state index contributed by atoms with van der Waals surface area (Å²) in [5.74, 6) is -0.176. The van der Waals surface area contributed by atoms with E-state index in [9.17, 15) is 14.9 Å². The number of rotatable bonds is 6. The number of carbonyl (C=O) groups is 1. The molecule has 6 heteroatoms. The lowest BCUT2D eigenvalue weighted by molar-refractivity contribution is -0.385. The highest BCUT2D eigenvalue weighted by atomic mass is 16.6. The number of likely N-dealkylation sites (N-methyl/N-ethyl adjacent to an activating group) is 1. The molecule has 0 atom stereocenters. The van der Waals surface area contributed by atoms with E-state index in [0.29, 0.717) is 12.1 Å². The third-order valence-electron chi connectivity index (χ3n) is 2.20. The molecule has 1 aromatic carbocycles. The van der Waals surface area contributed by atoms with Gasteiger partial charge in [0.15, 0.2) is 0 Å². The van der Waals surface area contributed by atoms with Crippen molar-refractivity contribution in [3.63, 3.8) is 0 Å². The first-order valence-corrected chi connectivity index (χ1v) is 5.35. The fraction of sp³-hybridized carbons (Fsp3) is 0.364. The van der Waals surface area contributed by atoms with E-state index in [1.54, 1.807) is 18.2 Å². The molecule has 2 N–H and O–H groups in total. The van der Waals surface area contributed by atoms with Gasteiger partial charge in [0.2, 0.25) is 5.91 Å². The highest BCUT2D eigenvalue weighted by Gasteiger charge is 2.12. The maximum atomic E-state index is 11.3. The summed E-state index contributed by atoms with van der Waals surface area (Å²) in [6, 6.07) is 6.36. The molecule has 92 valence electrons. The lowest BCUT2D eigenvalue weighted by Crippen LogP contribution is -2.33. The molecule has 0 fully saturated rings. The molecule has 0 bridgehead atoms. The number of benzene rings is 1. The van der Waals surface area contributed by atoms with Crippen molar-refractivity contribution < 1.29 is 9.72 Å². The lowest BCUT2D eigenvalue weighted by atomic mass is 10.2. The van der Waals surface area contributed by atoms with Crippen molar-refractivity contribution >= 4 is 11.6 Å². The van der Waals surface area contributed by atoms with Gasteiger partial charge in [-0.25, -0.2) is 0 Å². The van der Waals surface area contributed by atoms with E-state index < -0.39 is 4.92 Å². The first kappa shape index (κ1) is 13.1. The number of nitro benzene ring substituents is 1. The van der Waals surface area contributed by atoms with Crippen LogP contribution in [0.15, 0.2) is 24.3 Å². The molecule has 0 radical (unpaired) electrons. The molecule has 0 aliphatic carbocycles. The van der Waals surface area contributed by atoms with Crippen molar-refractivity contribution in [3.8, 4) is 0 Å². The Morgan fingerprint density at radius 1 is 1.41 bits per heavy atom. The smallest absolute Gasteiger partial charge is 0.274 e. The third kappa shape index (κ3) is 4.20. The van der Waals surface area contributed by atoms with Crippen LogP contribution in [-0.2, 0) is 11.3 Å². The number of carbonyl (C=O) groups excluding carboxylic acids is 1. The molecule has 0 aliphatic rings. The van der Waals surface area contributed by atoms with Gasteiger partial charge in [-0.2, -0.15) is 0 Å². The number of nitrogens with zero attached hydrogens (tertiary/aromatic N) is 1. The molecule has 0 aromatic heterocycles. The lowest BCUT2D eigenvalue weighted by Gasteiger charge is -2.06. The van der Waals surface area contributed by atoms with Crippen LogP contribution in [-0.4, -0.2) is 23.9 Å². The topological polar surface area (TPSA) is 84.3 Å². The Bertz CT molecular complexity index is 407. The number of hydrogen-bond donors (Lipinski definition) is 2. The van der Waals surface area contributed by atoms with Crippen molar-refractivity contribution in [2.45, 2.75) is 13.5 Å². The summed E-state index contributed by atoms with van der Waals surface area (Å²) < 4.78 is 0. The predicted molar refractivity (Wildman–Crippen MR) is 63.5 cm³/mol. The van der Waals surface area contributed by atoms with Gasteiger partial charge in [-0.15, -0.1) is 0 Å². The second kappa shape index (κ2) is 6.59. The fourth-order valence-electron chi connectivity index (χ4n) is 1.33. The van der Waals surface area contributed by atoms with Gasteiger partial charge in [0, 0.05) is 18.2 Å². The Hall–Kier alpha value is -1.95. The van der Waals surface area contributed by atoms with Crippen molar-refractivity contribution in [1.82, 2.24) is 10.6 Å². The van der Waals surface area contributed by atoms with Crippen LogP contribution in [0.5, 0.6) is 0 Å². The number of para-hydroxylation sites is 1. The number of amides is 1. The van der Waals surface area contributed by atoms with Gasteiger partial charge in [-0.1, -0.05) is 25.1 Å². The zero-order valence-corrected chi connectivity index (χ0v) is 9.60. The van der Waals surface area contributed by atoms with Crippen LogP contribution >= 0.6 is 0 Å². The quantitative estimate of drug-likeness (QED) is 0.566. The molecule has 0 unspecified atom stereocenters. The zero-order valence-electron chi connectivity index (χ0n) is 9.60.